The Bertz CT molecular complexity index is 677. The van der Waals surface area contributed by atoms with Gasteiger partial charge in [-0.1, -0.05) is 35.9 Å². The number of aryl methyl sites for hydroxylation is 1. The molecule has 0 bridgehead atoms. The van der Waals surface area contributed by atoms with Crippen molar-refractivity contribution < 1.29 is 9.53 Å². The molecule has 0 saturated heterocycles. The van der Waals surface area contributed by atoms with Crippen LogP contribution in [0.2, 0.25) is 0 Å². The van der Waals surface area contributed by atoms with Crippen LogP contribution in [0.1, 0.15) is 47.7 Å². The summed E-state index contributed by atoms with van der Waals surface area (Å²) in [6.45, 7) is 2.14. The van der Waals surface area contributed by atoms with Crippen molar-refractivity contribution in [3.63, 3.8) is 0 Å². The molecule has 1 aromatic carbocycles. The third kappa shape index (κ3) is 2.92. The fraction of sp³-hybridized carbons (Fsp3) is 0.350. The first-order valence-corrected chi connectivity index (χ1v) is 7.95. The number of carbonyl (C=O) groups is 1. The quantitative estimate of drug-likeness (QED) is 0.738. The largest absolute Gasteiger partial charge is 0.465 e. The molecule has 1 unspecified atom stereocenters. The predicted octanol–water partition coefficient (Wildman–Crippen LogP) is 4.72. The van der Waals surface area contributed by atoms with Gasteiger partial charge in [0.25, 0.3) is 0 Å². The molecule has 0 aliphatic heterocycles. The normalized spacial score (nSPS) is 20.5. The maximum atomic E-state index is 11.7. The summed E-state index contributed by atoms with van der Waals surface area (Å²) in [5, 5.41) is 0. The van der Waals surface area contributed by atoms with Crippen LogP contribution in [0.3, 0.4) is 0 Å². The minimum atomic E-state index is -0.256. The van der Waals surface area contributed by atoms with Crippen LogP contribution in [0.4, 0.5) is 0 Å². The summed E-state index contributed by atoms with van der Waals surface area (Å²) in [6, 6.07) is 5.99. The first kappa shape index (κ1) is 14.8. The van der Waals surface area contributed by atoms with E-state index in [0.29, 0.717) is 11.5 Å². The molecule has 114 valence electrons. The molecule has 0 aromatic heterocycles. The number of hydrogen-bond donors (Lipinski definition) is 0. The fourth-order valence-corrected chi connectivity index (χ4v) is 3.30. The molecule has 0 radical (unpaired) electrons. The Morgan fingerprint density at radius 1 is 1.27 bits per heavy atom. The minimum Gasteiger partial charge on any atom is -0.465 e. The van der Waals surface area contributed by atoms with Gasteiger partial charge in [0.2, 0.25) is 0 Å². The molecule has 2 nitrogen and oxygen atoms in total. The molecule has 0 spiro atoms. The zero-order valence-electron chi connectivity index (χ0n) is 13.3. The molecule has 0 fully saturated rings. The zero-order chi connectivity index (χ0) is 15.5. The standard InChI is InChI=1S/C20H22O2/c1-14-7-9-15(10-8-14)18-6-4-3-5-16-13-17(20(21)22-2)11-12-19(16)18/h6-9,11-13,15H,3-5,10H2,1-2H3. The average Bonchev–Trinajstić information content (AvgIpc) is 2.76. The molecular weight excluding hydrogens is 272 g/mol. The highest BCUT2D eigenvalue weighted by molar-refractivity contribution is 5.90. The molecule has 3 rings (SSSR count). The summed E-state index contributed by atoms with van der Waals surface area (Å²) in [6.07, 6.45) is 13.5. The number of esters is 1. The highest BCUT2D eigenvalue weighted by atomic mass is 16.5. The zero-order valence-corrected chi connectivity index (χ0v) is 13.3. The lowest BCUT2D eigenvalue weighted by atomic mass is 9.84. The van der Waals surface area contributed by atoms with Crippen molar-refractivity contribution in [3.8, 4) is 0 Å². The Labute approximate surface area is 132 Å². The van der Waals surface area contributed by atoms with Crippen molar-refractivity contribution in [1.82, 2.24) is 0 Å². The summed E-state index contributed by atoms with van der Waals surface area (Å²) < 4.78 is 4.84. The van der Waals surface area contributed by atoms with Gasteiger partial charge < -0.3 is 4.74 Å². The van der Waals surface area contributed by atoms with Crippen molar-refractivity contribution in [1.29, 1.82) is 0 Å². The molecule has 0 N–H and O–H groups in total. The second kappa shape index (κ2) is 6.35. The maximum Gasteiger partial charge on any atom is 0.337 e. The fourth-order valence-electron chi connectivity index (χ4n) is 3.30. The van der Waals surface area contributed by atoms with E-state index in [9.17, 15) is 4.79 Å². The number of methoxy groups -OCH3 is 1. The van der Waals surface area contributed by atoms with Crippen molar-refractivity contribution in [2.45, 2.75) is 32.6 Å². The van der Waals surface area contributed by atoms with E-state index in [4.69, 9.17) is 4.74 Å². The van der Waals surface area contributed by atoms with Crippen molar-refractivity contribution in [3.05, 3.63) is 64.8 Å². The molecule has 0 heterocycles. The van der Waals surface area contributed by atoms with Crippen molar-refractivity contribution in [2.24, 2.45) is 5.92 Å². The first-order chi connectivity index (χ1) is 10.7. The number of rotatable bonds is 2. The molecule has 1 aromatic rings. The van der Waals surface area contributed by atoms with Crippen LogP contribution >= 0.6 is 0 Å². The van der Waals surface area contributed by atoms with Crippen molar-refractivity contribution in [2.75, 3.05) is 7.11 Å². The van der Waals surface area contributed by atoms with E-state index < -0.39 is 0 Å². The number of fused-ring (bicyclic) bond motifs is 1. The van der Waals surface area contributed by atoms with Crippen LogP contribution in [0.25, 0.3) is 5.57 Å². The van der Waals surface area contributed by atoms with E-state index in [2.05, 4.69) is 37.3 Å². The van der Waals surface area contributed by atoms with E-state index in [0.717, 1.165) is 25.7 Å². The molecule has 2 aliphatic carbocycles. The Kier molecular flexibility index (Phi) is 4.28. The van der Waals surface area contributed by atoms with Crippen LogP contribution in [0, 0.1) is 5.92 Å². The van der Waals surface area contributed by atoms with Gasteiger partial charge in [-0.2, -0.15) is 0 Å². The molecule has 0 saturated carbocycles. The molecule has 22 heavy (non-hydrogen) atoms. The summed E-state index contributed by atoms with van der Waals surface area (Å²) in [5.74, 6) is 0.193. The number of allylic oxidation sites excluding steroid dienone is 6. The van der Waals surface area contributed by atoms with Crippen LogP contribution < -0.4 is 0 Å². The average molecular weight is 294 g/mol. The van der Waals surface area contributed by atoms with Crippen LogP contribution in [0.5, 0.6) is 0 Å². The Morgan fingerprint density at radius 2 is 2.14 bits per heavy atom. The Hall–Kier alpha value is -2.09. The number of hydrogen-bond acceptors (Lipinski definition) is 2. The minimum absolute atomic E-state index is 0.256. The van der Waals surface area contributed by atoms with E-state index in [1.165, 1.54) is 29.4 Å². The van der Waals surface area contributed by atoms with Gasteiger partial charge in [-0.05, 0) is 61.4 Å². The highest BCUT2D eigenvalue weighted by Crippen LogP contribution is 2.36. The summed E-state index contributed by atoms with van der Waals surface area (Å²) >= 11 is 0. The third-order valence-electron chi connectivity index (χ3n) is 4.54. The summed E-state index contributed by atoms with van der Waals surface area (Å²) in [4.78, 5) is 11.7. The highest BCUT2D eigenvalue weighted by Gasteiger charge is 2.20. The lowest BCUT2D eigenvalue weighted by molar-refractivity contribution is 0.0600. The topological polar surface area (TPSA) is 26.3 Å². The second-order valence-electron chi connectivity index (χ2n) is 6.06. The Balaban J connectivity index is 1.96. The van der Waals surface area contributed by atoms with Gasteiger partial charge >= 0.3 is 5.97 Å². The first-order valence-electron chi connectivity index (χ1n) is 7.95. The predicted molar refractivity (Wildman–Crippen MR) is 89.7 cm³/mol. The van der Waals surface area contributed by atoms with Gasteiger partial charge in [0, 0.05) is 5.92 Å². The van der Waals surface area contributed by atoms with E-state index in [1.807, 2.05) is 12.1 Å². The SMILES string of the molecule is COC(=O)c1ccc2c(c1)CCCC=C2C1C=CC(C)=CC1. The summed E-state index contributed by atoms with van der Waals surface area (Å²) in [7, 11) is 1.43. The van der Waals surface area contributed by atoms with E-state index >= 15 is 0 Å². The van der Waals surface area contributed by atoms with Crippen molar-refractivity contribution >= 4 is 11.5 Å². The monoisotopic (exact) mass is 294 g/mol. The number of benzene rings is 1. The number of carbonyl (C=O) groups excluding carboxylic acids is 1. The smallest absolute Gasteiger partial charge is 0.337 e. The Morgan fingerprint density at radius 3 is 2.86 bits per heavy atom. The lowest BCUT2D eigenvalue weighted by Crippen LogP contribution is -2.07. The van der Waals surface area contributed by atoms with Gasteiger partial charge in [0.15, 0.2) is 0 Å². The third-order valence-corrected chi connectivity index (χ3v) is 4.54. The van der Waals surface area contributed by atoms with Crippen LogP contribution in [0.15, 0.2) is 48.1 Å². The van der Waals surface area contributed by atoms with E-state index in [-0.39, 0.29) is 5.97 Å². The molecule has 2 heteroatoms. The van der Waals surface area contributed by atoms with Crippen LogP contribution in [-0.2, 0) is 11.2 Å². The second-order valence-corrected chi connectivity index (χ2v) is 6.06. The van der Waals surface area contributed by atoms with Gasteiger partial charge in [0.1, 0.15) is 0 Å². The molecule has 1 atom stereocenters. The molecule has 0 amide bonds. The maximum absolute atomic E-state index is 11.7. The van der Waals surface area contributed by atoms with Crippen LogP contribution in [-0.4, -0.2) is 13.1 Å². The molecular formula is C20H22O2. The summed E-state index contributed by atoms with van der Waals surface area (Å²) in [5.41, 5.74) is 5.96. The van der Waals surface area contributed by atoms with E-state index in [1.54, 1.807) is 0 Å². The van der Waals surface area contributed by atoms with Gasteiger partial charge in [-0.25, -0.2) is 4.79 Å². The lowest BCUT2D eigenvalue weighted by Gasteiger charge is -2.21. The number of ether oxygens (including phenoxy) is 1. The van der Waals surface area contributed by atoms with Gasteiger partial charge in [0.05, 0.1) is 12.7 Å². The molecule has 2 aliphatic rings. The van der Waals surface area contributed by atoms with Gasteiger partial charge in [-0.15, -0.1) is 0 Å². The van der Waals surface area contributed by atoms with Gasteiger partial charge in [-0.3, -0.25) is 0 Å².